The Kier molecular flexibility index (Phi) is 6.05. The highest BCUT2D eigenvalue weighted by Gasteiger charge is 2.38. The first-order chi connectivity index (χ1) is 15.1. The summed E-state index contributed by atoms with van der Waals surface area (Å²) in [6, 6.07) is 2.94. The van der Waals surface area contributed by atoms with Crippen molar-refractivity contribution in [3.05, 3.63) is 33.7 Å². The maximum absolute atomic E-state index is 13.2. The molecule has 1 aliphatic heterocycles. The van der Waals surface area contributed by atoms with Gasteiger partial charge in [-0.2, -0.15) is 0 Å². The number of fused-ring (bicyclic) bond motifs is 2. The molecule has 1 saturated carbocycles. The molecule has 2 atom stereocenters. The number of benzene rings is 1. The molecule has 0 saturated heterocycles. The van der Waals surface area contributed by atoms with Crippen molar-refractivity contribution in [2.24, 2.45) is 16.5 Å². The third-order valence-corrected chi connectivity index (χ3v) is 6.11. The predicted octanol–water partition coefficient (Wildman–Crippen LogP) is 1.89. The lowest BCUT2D eigenvalue weighted by atomic mass is 9.96. The highest BCUT2D eigenvalue weighted by Crippen LogP contribution is 2.44. The second kappa shape index (κ2) is 8.63. The van der Waals surface area contributed by atoms with Crippen molar-refractivity contribution in [1.29, 1.82) is 0 Å². The summed E-state index contributed by atoms with van der Waals surface area (Å²) in [6.45, 7) is 3.58. The van der Waals surface area contributed by atoms with Crippen LogP contribution in [-0.4, -0.2) is 40.5 Å². The van der Waals surface area contributed by atoms with E-state index in [9.17, 15) is 15.0 Å². The Balaban J connectivity index is 1.76. The summed E-state index contributed by atoms with van der Waals surface area (Å²) in [6.07, 6.45) is 3.14. The number of rotatable bonds is 7. The van der Waals surface area contributed by atoms with E-state index in [0.717, 1.165) is 31.2 Å². The van der Waals surface area contributed by atoms with E-state index in [-0.39, 0.29) is 41.8 Å². The molecule has 9 heteroatoms. The second-order valence-corrected chi connectivity index (χ2v) is 9.17. The average molecular weight is 446 g/mol. The summed E-state index contributed by atoms with van der Waals surface area (Å²) in [5, 5.41) is 21.3. The molecular weight excluding hydrogens is 414 g/mol. The Hall–Kier alpha value is -2.78. The van der Waals surface area contributed by atoms with E-state index in [1.807, 2.05) is 0 Å². The quantitative estimate of drug-likeness (QED) is 0.372. The van der Waals surface area contributed by atoms with Crippen LogP contribution in [0.4, 0.5) is 0 Å². The van der Waals surface area contributed by atoms with Gasteiger partial charge in [0.25, 0.3) is 0 Å². The van der Waals surface area contributed by atoms with Gasteiger partial charge >= 0.3 is 0 Å². The largest absolute Gasteiger partial charge is 0.489 e. The molecule has 0 bridgehead atoms. The first kappa shape index (κ1) is 22.4. The number of hydrogen-bond donors (Lipinski definition) is 4. The molecule has 9 nitrogen and oxygen atoms in total. The predicted molar refractivity (Wildman–Crippen MR) is 120 cm³/mol. The van der Waals surface area contributed by atoms with Crippen molar-refractivity contribution < 1.29 is 24.1 Å². The fourth-order valence-electron chi connectivity index (χ4n) is 4.32. The average Bonchev–Trinajstić information content (AvgIpc) is 3.36. The Morgan fingerprint density at radius 1 is 1.31 bits per heavy atom. The molecule has 1 fully saturated rings. The van der Waals surface area contributed by atoms with Crippen molar-refractivity contribution in [2.45, 2.75) is 76.3 Å². The van der Waals surface area contributed by atoms with E-state index >= 15 is 0 Å². The molecule has 2 aliphatic rings. The Morgan fingerprint density at radius 3 is 2.69 bits per heavy atom. The molecule has 1 aromatic carbocycles. The molecule has 174 valence electrons. The Bertz CT molecular complexity index is 1080. The molecule has 1 aliphatic carbocycles. The van der Waals surface area contributed by atoms with Gasteiger partial charge in [0.1, 0.15) is 40.4 Å². The van der Waals surface area contributed by atoms with Crippen molar-refractivity contribution in [2.75, 3.05) is 6.54 Å². The van der Waals surface area contributed by atoms with Gasteiger partial charge in [-0.25, -0.2) is 0 Å². The minimum atomic E-state index is -1.07. The van der Waals surface area contributed by atoms with Crippen LogP contribution in [0.5, 0.6) is 11.5 Å². The van der Waals surface area contributed by atoms with E-state index in [1.54, 1.807) is 19.9 Å². The van der Waals surface area contributed by atoms with Gasteiger partial charge < -0.3 is 35.6 Å². The molecule has 0 amide bonds. The van der Waals surface area contributed by atoms with Gasteiger partial charge in [-0.15, -0.1) is 0 Å². The van der Waals surface area contributed by atoms with Crippen LogP contribution >= 0.6 is 0 Å². The number of guanidine groups is 1. The van der Waals surface area contributed by atoms with Gasteiger partial charge in [0.05, 0.1) is 11.7 Å². The van der Waals surface area contributed by atoms with E-state index in [0.29, 0.717) is 23.3 Å². The van der Waals surface area contributed by atoms with E-state index in [1.165, 1.54) is 6.07 Å². The highest BCUT2D eigenvalue weighted by atomic mass is 16.5. The van der Waals surface area contributed by atoms with E-state index < -0.39 is 17.8 Å². The molecule has 4 rings (SSSR count). The van der Waals surface area contributed by atoms with Crippen LogP contribution < -0.4 is 26.4 Å². The van der Waals surface area contributed by atoms with Gasteiger partial charge in [-0.1, -0.05) is 0 Å². The molecule has 6 N–H and O–H groups in total. The zero-order valence-electron chi connectivity index (χ0n) is 18.5. The number of hydrogen-bond acceptors (Lipinski definition) is 7. The van der Waals surface area contributed by atoms with Crippen LogP contribution in [0.3, 0.4) is 0 Å². The molecular formula is C23H31N3O6. The number of nitrogens with two attached hydrogens (primary N) is 2. The van der Waals surface area contributed by atoms with Crippen molar-refractivity contribution >= 4 is 16.9 Å². The maximum Gasteiger partial charge on any atom is 0.196 e. The third kappa shape index (κ3) is 4.54. The standard InChI is InChI=1S/C23H31N3O6/c1-23(2,29)19-9-13-16(32-19)11-18-20(21(13)30-12-5-3-4-6-12)15(28)10-17(31-18)14(27)7-8-26-22(24)25/h10-12,14,19,27,29H,3-9H2,1-2H3,(H4,24,25,26)/t14-,19+/m1/s1. The molecule has 0 radical (unpaired) electrons. The summed E-state index contributed by atoms with van der Waals surface area (Å²) in [7, 11) is 0. The summed E-state index contributed by atoms with van der Waals surface area (Å²) in [4.78, 5) is 17.0. The topological polar surface area (TPSA) is 154 Å². The van der Waals surface area contributed by atoms with Gasteiger partial charge in [0.2, 0.25) is 0 Å². The SMILES string of the molecule is CC(C)(O)[C@@H]1Cc2c(cc3oc([C@H](O)CCN=C(N)N)cc(=O)c3c2OC2CCCC2)O1. The van der Waals surface area contributed by atoms with E-state index in [4.69, 9.17) is 25.4 Å². The number of nitrogens with zero attached hydrogens (tertiary/aromatic N) is 1. The number of aliphatic imine (C=N–C) groups is 1. The second-order valence-electron chi connectivity index (χ2n) is 9.17. The molecule has 2 aromatic rings. The summed E-state index contributed by atoms with van der Waals surface area (Å²) >= 11 is 0. The molecule has 32 heavy (non-hydrogen) atoms. The summed E-state index contributed by atoms with van der Waals surface area (Å²) in [5.41, 5.74) is 10.3. The van der Waals surface area contributed by atoms with Gasteiger partial charge in [0.15, 0.2) is 11.4 Å². The lowest BCUT2D eigenvalue weighted by molar-refractivity contribution is -0.0229. The van der Waals surface area contributed by atoms with Crippen molar-refractivity contribution in [3.8, 4) is 11.5 Å². The fraction of sp³-hybridized carbons (Fsp3) is 0.565. The van der Waals surface area contributed by atoms with Crippen LogP contribution in [0, 0.1) is 0 Å². The van der Waals surface area contributed by atoms with Crippen LogP contribution in [0.25, 0.3) is 11.0 Å². The minimum Gasteiger partial charge on any atom is -0.489 e. The smallest absolute Gasteiger partial charge is 0.196 e. The zero-order chi connectivity index (χ0) is 23.0. The monoisotopic (exact) mass is 445 g/mol. The molecule has 0 spiro atoms. The van der Waals surface area contributed by atoms with Gasteiger partial charge in [-0.3, -0.25) is 9.79 Å². The van der Waals surface area contributed by atoms with Crippen molar-refractivity contribution in [3.63, 3.8) is 0 Å². The molecule has 0 unspecified atom stereocenters. The Labute approximate surface area is 186 Å². The maximum atomic E-state index is 13.2. The highest BCUT2D eigenvalue weighted by molar-refractivity contribution is 5.87. The lowest BCUT2D eigenvalue weighted by Gasteiger charge is -2.24. The normalized spacial score (nSPS) is 19.6. The Morgan fingerprint density at radius 2 is 2.03 bits per heavy atom. The van der Waals surface area contributed by atoms with Gasteiger partial charge in [0, 0.05) is 37.1 Å². The van der Waals surface area contributed by atoms with Crippen LogP contribution in [-0.2, 0) is 6.42 Å². The molecule has 2 heterocycles. The van der Waals surface area contributed by atoms with E-state index in [2.05, 4.69) is 4.99 Å². The van der Waals surface area contributed by atoms with Crippen LogP contribution in [0.2, 0.25) is 0 Å². The van der Waals surface area contributed by atoms with Crippen LogP contribution in [0.15, 0.2) is 26.3 Å². The first-order valence-electron chi connectivity index (χ1n) is 11.1. The zero-order valence-corrected chi connectivity index (χ0v) is 18.5. The van der Waals surface area contributed by atoms with Crippen LogP contribution in [0.1, 0.15) is 63.4 Å². The van der Waals surface area contributed by atoms with Crippen molar-refractivity contribution in [1.82, 2.24) is 0 Å². The number of aliphatic hydroxyl groups excluding tert-OH is 1. The number of aliphatic hydroxyl groups is 2. The summed E-state index contributed by atoms with van der Waals surface area (Å²) in [5.74, 6) is 1.04. The molecule has 1 aromatic heterocycles. The van der Waals surface area contributed by atoms with Gasteiger partial charge in [-0.05, 0) is 39.5 Å². The third-order valence-electron chi connectivity index (χ3n) is 6.11. The number of ether oxygens (including phenoxy) is 2. The fourth-order valence-corrected chi connectivity index (χ4v) is 4.32. The summed E-state index contributed by atoms with van der Waals surface area (Å²) < 4.78 is 18.3. The first-order valence-corrected chi connectivity index (χ1v) is 11.1. The lowest BCUT2D eigenvalue weighted by Crippen LogP contribution is -2.39. The minimum absolute atomic E-state index is 0.0233.